The molecule has 1 amide bonds. The third-order valence-corrected chi connectivity index (χ3v) is 4.21. The molecule has 0 saturated carbocycles. The van der Waals surface area contributed by atoms with Crippen LogP contribution in [0.15, 0.2) is 77.9 Å². The number of hydrogen-bond donors (Lipinski definition) is 1. The Morgan fingerprint density at radius 2 is 1.70 bits per heavy atom. The van der Waals surface area contributed by atoms with Crippen molar-refractivity contribution in [2.24, 2.45) is 0 Å². The van der Waals surface area contributed by atoms with Crippen molar-refractivity contribution >= 4 is 22.5 Å². The average molecular weight is 359 g/mol. The highest BCUT2D eigenvalue weighted by molar-refractivity contribution is 5.90. The Labute approximate surface area is 154 Å². The summed E-state index contributed by atoms with van der Waals surface area (Å²) in [5.74, 6) is 0.229. The lowest BCUT2D eigenvalue weighted by Gasteiger charge is -2.10. The topological polar surface area (TPSA) is 81.8 Å². The van der Waals surface area contributed by atoms with Crippen LogP contribution >= 0.6 is 0 Å². The molecule has 0 saturated heterocycles. The minimum atomic E-state index is -0.338. The van der Waals surface area contributed by atoms with Crippen LogP contribution in [-0.2, 0) is 17.9 Å². The predicted octanol–water partition coefficient (Wildman–Crippen LogP) is 2.28. The molecular formula is C20H17N5O2. The molecule has 0 fully saturated rings. The number of benzene rings is 2. The van der Waals surface area contributed by atoms with E-state index in [2.05, 4.69) is 15.5 Å². The summed E-state index contributed by atoms with van der Waals surface area (Å²) in [6, 6.07) is 18.7. The van der Waals surface area contributed by atoms with Crippen LogP contribution in [0.5, 0.6) is 0 Å². The Morgan fingerprint density at radius 3 is 2.56 bits per heavy atom. The summed E-state index contributed by atoms with van der Waals surface area (Å²) in [6.07, 6.45) is 3.21. The Kier molecular flexibility index (Phi) is 4.49. The number of hydrogen-bond acceptors (Lipinski definition) is 4. The Bertz CT molecular complexity index is 1150. The number of anilines is 1. The molecule has 134 valence electrons. The second kappa shape index (κ2) is 7.25. The van der Waals surface area contributed by atoms with Crippen LogP contribution in [0.25, 0.3) is 10.8 Å². The quantitative estimate of drug-likeness (QED) is 0.593. The van der Waals surface area contributed by atoms with Crippen molar-refractivity contribution in [3.05, 3.63) is 89.0 Å². The maximum absolute atomic E-state index is 12.5. The Morgan fingerprint density at radius 1 is 0.926 bits per heavy atom. The molecule has 4 rings (SSSR count). The summed E-state index contributed by atoms with van der Waals surface area (Å²) in [6.45, 7) is 0.373. The second-order valence-electron chi connectivity index (χ2n) is 6.10. The normalized spacial score (nSPS) is 10.8. The minimum Gasteiger partial charge on any atom is -0.309 e. The van der Waals surface area contributed by atoms with Crippen molar-refractivity contribution in [2.75, 3.05) is 5.32 Å². The van der Waals surface area contributed by atoms with Crippen molar-refractivity contribution < 1.29 is 4.79 Å². The van der Waals surface area contributed by atoms with Crippen LogP contribution in [0.3, 0.4) is 0 Å². The van der Waals surface area contributed by atoms with Crippen LogP contribution in [-0.4, -0.2) is 25.5 Å². The third kappa shape index (κ3) is 3.62. The van der Waals surface area contributed by atoms with E-state index in [0.29, 0.717) is 17.7 Å². The fourth-order valence-corrected chi connectivity index (χ4v) is 2.88. The van der Waals surface area contributed by atoms with Crippen molar-refractivity contribution in [1.82, 2.24) is 19.6 Å². The molecule has 0 unspecified atom stereocenters. The van der Waals surface area contributed by atoms with Crippen molar-refractivity contribution in [3.63, 3.8) is 0 Å². The number of nitrogens with zero attached hydrogens (tertiary/aromatic N) is 4. The molecule has 0 spiro atoms. The van der Waals surface area contributed by atoms with Crippen molar-refractivity contribution in [2.45, 2.75) is 13.1 Å². The molecule has 27 heavy (non-hydrogen) atoms. The monoisotopic (exact) mass is 359 g/mol. The first kappa shape index (κ1) is 16.7. The number of aromatic nitrogens is 4. The van der Waals surface area contributed by atoms with E-state index < -0.39 is 0 Å². The molecule has 4 aromatic rings. The van der Waals surface area contributed by atoms with E-state index in [4.69, 9.17) is 0 Å². The summed E-state index contributed by atoms with van der Waals surface area (Å²) in [5.41, 5.74) is 0.783. The first-order valence-electron chi connectivity index (χ1n) is 8.51. The lowest BCUT2D eigenvalue weighted by atomic mass is 10.2. The SMILES string of the molecule is O=C(Cn1ncc2ccccc2c1=O)Nc1ccnn1Cc1ccccc1. The molecule has 1 N–H and O–H groups in total. The van der Waals surface area contributed by atoms with Gasteiger partial charge in [-0.05, 0) is 11.6 Å². The van der Waals surface area contributed by atoms with Gasteiger partial charge in [0.1, 0.15) is 12.4 Å². The van der Waals surface area contributed by atoms with Gasteiger partial charge in [-0.25, -0.2) is 9.36 Å². The van der Waals surface area contributed by atoms with Gasteiger partial charge in [0, 0.05) is 11.5 Å². The first-order valence-corrected chi connectivity index (χ1v) is 8.51. The molecule has 7 heteroatoms. The smallest absolute Gasteiger partial charge is 0.275 e. The Balaban J connectivity index is 1.50. The van der Waals surface area contributed by atoms with E-state index >= 15 is 0 Å². The standard InChI is InChI=1S/C20H17N5O2/c26-19(14-25-20(27)17-9-5-4-8-16(17)12-22-25)23-18-10-11-21-24(18)13-15-6-2-1-3-7-15/h1-12H,13-14H2,(H,23,26). The van der Waals surface area contributed by atoms with Gasteiger partial charge in [-0.3, -0.25) is 9.59 Å². The van der Waals surface area contributed by atoms with Crippen molar-refractivity contribution in [3.8, 4) is 0 Å². The van der Waals surface area contributed by atoms with E-state index in [1.165, 1.54) is 0 Å². The molecule has 0 aliphatic heterocycles. The molecule has 0 radical (unpaired) electrons. The second-order valence-corrected chi connectivity index (χ2v) is 6.10. The van der Waals surface area contributed by atoms with Gasteiger partial charge < -0.3 is 5.32 Å². The highest BCUT2D eigenvalue weighted by Gasteiger charge is 2.11. The maximum atomic E-state index is 12.5. The molecule has 0 atom stereocenters. The van der Waals surface area contributed by atoms with Gasteiger partial charge in [0.15, 0.2) is 0 Å². The molecule has 7 nitrogen and oxygen atoms in total. The average Bonchev–Trinajstić information content (AvgIpc) is 3.11. The highest BCUT2D eigenvalue weighted by atomic mass is 16.2. The lowest BCUT2D eigenvalue weighted by molar-refractivity contribution is -0.117. The predicted molar refractivity (Wildman–Crippen MR) is 102 cm³/mol. The molecule has 2 heterocycles. The summed E-state index contributed by atoms with van der Waals surface area (Å²) in [5, 5.41) is 12.4. The van der Waals surface area contributed by atoms with Gasteiger partial charge in [-0.2, -0.15) is 10.2 Å². The van der Waals surface area contributed by atoms with E-state index in [1.807, 2.05) is 42.5 Å². The fourth-order valence-electron chi connectivity index (χ4n) is 2.88. The molecule has 2 aromatic carbocycles. The van der Waals surface area contributed by atoms with Crippen LogP contribution < -0.4 is 10.9 Å². The number of rotatable bonds is 5. The van der Waals surface area contributed by atoms with Crippen molar-refractivity contribution in [1.29, 1.82) is 0 Å². The van der Waals surface area contributed by atoms with Crippen LogP contribution in [0.2, 0.25) is 0 Å². The van der Waals surface area contributed by atoms with Gasteiger partial charge in [-0.1, -0.05) is 48.5 Å². The maximum Gasteiger partial charge on any atom is 0.275 e. The largest absolute Gasteiger partial charge is 0.309 e. The first-order chi connectivity index (χ1) is 13.2. The summed E-state index contributed by atoms with van der Waals surface area (Å²) >= 11 is 0. The molecule has 0 bridgehead atoms. The number of carbonyl (C=O) groups is 1. The molecule has 2 aromatic heterocycles. The third-order valence-electron chi connectivity index (χ3n) is 4.21. The lowest BCUT2D eigenvalue weighted by Crippen LogP contribution is -2.30. The number of carbonyl (C=O) groups excluding carboxylic acids is 1. The van der Waals surface area contributed by atoms with E-state index in [0.717, 1.165) is 15.6 Å². The van der Waals surface area contributed by atoms with Gasteiger partial charge in [0.05, 0.1) is 24.3 Å². The number of nitrogens with one attached hydrogen (secondary N) is 1. The fraction of sp³-hybridized carbons (Fsp3) is 0.100. The van der Waals surface area contributed by atoms with Gasteiger partial charge in [-0.15, -0.1) is 0 Å². The summed E-state index contributed by atoms with van der Waals surface area (Å²) < 4.78 is 2.86. The number of amides is 1. The Hall–Kier alpha value is -3.74. The summed E-state index contributed by atoms with van der Waals surface area (Å²) in [7, 11) is 0. The summed E-state index contributed by atoms with van der Waals surface area (Å²) in [4.78, 5) is 24.9. The van der Waals surface area contributed by atoms with E-state index in [9.17, 15) is 9.59 Å². The zero-order valence-corrected chi connectivity index (χ0v) is 14.4. The van der Waals surface area contributed by atoms with Crippen LogP contribution in [0, 0.1) is 0 Å². The minimum absolute atomic E-state index is 0.166. The molecular weight excluding hydrogens is 342 g/mol. The van der Waals surface area contributed by atoms with Gasteiger partial charge in [0.25, 0.3) is 5.56 Å². The molecule has 0 aliphatic carbocycles. The highest BCUT2D eigenvalue weighted by Crippen LogP contribution is 2.10. The number of fused-ring (bicyclic) bond motifs is 1. The van der Waals surface area contributed by atoms with E-state index in [1.54, 1.807) is 35.3 Å². The van der Waals surface area contributed by atoms with Gasteiger partial charge >= 0.3 is 0 Å². The van der Waals surface area contributed by atoms with E-state index in [-0.39, 0.29) is 18.0 Å². The molecule has 0 aliphatic rings. The zero-order valence-electron chi connectivity index (χ0n) is 14.4. The van der Waals surface area contributed by atoms with Crippen LogP contribution in [0.1, 0.15) is 5.56 Å². The van der Waals surface area contributed by atoms with Gasteiger partial charge in [0.2, 0.25) is 5.91 Å². The zero-order chi connectivity index (χ0) is 18.6. The van der Waals surface area contributed by atoms with Crippen LogP contribution in [0.4, 0.5) is 5.82 Å².